The normalized spacial score (nSPS) is 12.2. The molecule has 2 N–H and O–H groups in total. The summed E-state index contributed by atoms with van der Waals surface area (Å²) in [6.45, 7) is 8.34. The lowest BCUT2D eigenvalue weighted by Gasteiger charge is -2.15. The molecule has 1 aromatic heterocycles. The molecule has 1 heterocycles. The van der Waals surface area contributed by atoms with Crippen molar-refractivity contribution in [3.05, 3.63) is 52.7 Å². The van der Waals surface area contributed by atoms with Gasteiger partial charge in [-0.3, -0.25) is 0 Å². The van der Waals surface area contributed by atoms with E-state index < -0.39 is 0 Å². The van der Waals surface area contributed by atoms with Crippen LogP contribution in [0.25, 0.3) is 0 Å². The van der Waals surface area contributed by atoms with Gasteiger partial charge in [0.25, 0.3) is 0 Å². The molecular weight excluding hydrogens is 260 g/mol. The first-order valence-corrected chi connectivity index (χ1v) is 7.46. The van der Waals surface area contributed by atoms with Gasteiger partial charge in [-0.05, 0) is 62.4 Å². The number of aromatic nitrogens is 1. The second kappa shape index (κ2) is 6.72. The second-order valence-electron chi connectivity index (χ2n) is 5.65. The van der Waals surface area contributed by atoms with Gasteiger partial charge in [-0.2, -0.15) is 0 Å². The van der Waals surface area contributed by atoms with Crippen LogP contribution in [0, 0.1) is 20.8 Å². The number of ether oxygens (including phenoxy) is 1. The van der Waals surface area contributed by atoms with Crippen molar-refractivity contribution >= 4 is 0 Å². The van der Waals surface area contributed by atoms with Crippen molar-refractivity contribution in [3.63, 3.8) is 0 Å². The number of benzene rings is 1. The van der Waals surface area contributed by atoms with E-state index in [-0.39, 0.29) is 6.04 Å². The third-order valence-corrected chi connectivity index (χ3v) is 3.83. The second-order valence-corrected chi connectivity index (χ2v) is 5.65. The number of rotatable bonds is 5. The van der Waals surface area contributed by atoms with Crippen LogP contribution < -0.4 is 10.5 Å². The van der Waals surface area contributed by atoms with E-state index >= 15 is 0 Å². The van der Waals surface area contributed by atoms with Crippen LogP contribution in [0.5, 0.6) is 11.6 Å². The Morgan fingerprint density at radius 3 is 2.71 bits per heavy atom. The van der Waals surface area contributed by atoms with Crippen molar-refractivity contribution in [1.29, 1.82) is 0 Å². The lowest BCUT2D eigenvalue weighted by molar-refractivity contribution is 0.448. The van der Waals surface area contributed by atoms with Crippen LogP contribution in [0.15, 0.2) is 30.5 Å². The van der Waals surface area contributed by atoms with Crippen LogP contribution in [-0.4, -0.2) is 11.0 Å². The number of aryl methyl sites for hydroxylation is 2. The van der Waals surface area contributed by atoms with Gasteiger partial charge in [0, 0.05) is 17.8 Å². The van der Waals surface area contributed by atoms with Gasteiger partial charge in [0.1, 0.15) is 5.75 Å². The fraction of sp³-hybridized carbons (Fsp3) is 0.389. The van der Waals surface area contributed by atoms with Crippen LogP contribution in [0.1, 0.15) is 35.6 Å². The van der Waals surface area contributed by atoms with Gasteiger partial charge in [-0.1, -0.05) is 19.1 Å². The summed E-state index contributed by atoms with van der Waals surface area (Å²) in [5.41, 5.74) is 10.7. The molecule has 112 valence electrons. The first kappa shape index (κ1) is 15.5. The molecule has 0 aliphatic carbocycles. The molecule has 1 unspecified atom stereocenters. The lowest BCUT2D eigenvalue weighted by Crippen LogP contribution is -2.21. The molecule has 3 heteroatoms. The summed E-state index contributed by atoms with van der Waals surface area (Å²) in [7, 11) is 0. The Balaban J connectivity index is 2.32. The Kier molecular flexibility index (Phi) is 4.97. The van der Waals surface area contributed by atoms with Gasteiger partial charge >= 0.3 is 0 Å². The largest absolute Gasteiger partial charge is 0.438 e. The van der Waals surface area contributed by atoms with E-state index in [4.69, 9.17) is 10.5 Å². The average molecular weight is 284 g/mol. The highest BCUT2D eigenvalue weighted by Gasteiger charge is 2.12. The maximum absolute atomic E-state index is 6.08. The molecule has 0 radical (unpaired) electrons. The quantitative estimate of drug-likeness (QED) is 0.900. The van der Waals surface area contributed by atoms with E-state index in [0.717, 1.165) is 29.7 Å². The minimum Gasteiger partial charge on any atom is -0.438 e. The lowest BCUT2D eigenvalue weighted by atomic mass is 10.0. The van der Waals surface area contributed by atoms with Crippen LogP contribution in [0.3, 0.4) is 0 Å². The Labute approximate surface area is 127 Å². The van der Waals surface area contributed by atoms with Gasteiger partial charge in [-0.25, -0.2) is 4.98 Å². The van der Waals surface area contributed by atoms with Crippen LogP contribution in [-0.2, 0) is 6.42 Å². The van der Waals surface area contributed by atoms with E-state index in [1.54, 1.807) is 6.20 Å². The van der Waals surface area contributed by atoms with E-state index in [2.05, 4.69) is 44.8 Å². The van der Waals surface area contributed by atoms with Gasteiger partial charge in [0.05, 0.1) is 0 Å². The molecule has 2 rings (SSSR count). The summed E-state index contributed by atoms with van der Waals surface area (Å²) in [5, 5.41) is 0. The maximum Gasteiger partial charge on any atom is 0.222 e. The highest BCUT2D eigenvalue weighted by molar-refractivity contribution is 5.44. The van der Waals surface area contributed by atoms with Crippen LogP contribution in [0.4, 0.5) is 0 Å². The van der Waals surface area contributed by atoms with Crippen molar-refractivity contribution in [3.8, 4) is 11.6 Å². The molecule has 0 aliphatic rings. The molecular formula is C18H24N2O. The number of nitrogens with zero attached hydrogens (tertiary/aromatic N) is 1. The maximum atomic E-state index is 6.08. The average Bonchev–Trinajstić information content (AvgIpc) is 2.46. The van der Waals surface area contributed by atoms with E-state index in [1.807, 2.05) is 12.1 Å². The molecule has 3 nitrogen and oxygen atoms in total. The summed E-state index contributed by atoms with van der Waals surface area (Å²) in [6, 6.07) is 8.32. The van der Waals surface area contributed by atoms with Crippen molar-refractivity contribution in [2.45, 2.75) is 46.6 Å². The first-order valence-electron chi connectivity index (χ1n) is 7.46. The molecule has 0 bridgehead atoms. The van der Waals surface area contributed by atoms with Crippen LogP contribution in [0.2, 0.25) is 0 Å². The van der Waals surface area contributed by atoms with Gasteiger partial charge in [0.15, 0.2) is 0 Å². The fourth-order valence-corrected chi connectivity index (χ4v) is 2.31. The number of pyridine rings is 1. The Morgan fingerprint density at radius 1 is 1.24 bits per heavy atom. The Bertz CT molecular complexity index is 623. The molecule has 0 fully saturated rings. The van der Waals surface area contributed by atoms with E-state index in [1.165, 1.54) is 11.1 Å². The van der Waals surface area contributed by atoms with Gasteiger partial charge in [0.2, 0.25) is 5.88 Å². The number of hydrogen-bond acceptors (Lipinski definition) is 3. The standard InChI is InChI=1S/C18H24N2O/c1-5-16(19)11-15-7-6-8-20-18(15)21-17-10-12(2)9-13(3)14(17)4/h6-10,16H,5,11,19H2,1-4H3. The Hall–Kier alpha value is -1.87. The van der Waals surface area contributed by atoms with Crippen molar-refractivity contribution in [2.24, 2.45) is 5.73 Å². The number of hydrogen-bond donors (Lipinski definition) is 1. The van der Waals surface area contributed by atoms with Crippen molar-refractivity contribution in [1.82, 2.24) is 4.98 Å². The van der Waals surface area contributed by atoms with E-state index in [0.29, 0.717) is 5.88 Å². The summed E-state index contributed by atoms with van der Waals surface area (Å²) < 4.78 is 6.08. The first-order chi connectivity index (χ1) is 10.0. The fourth-order valence-electron chi connectivity index (χ4n) is 2.31. The minimum absolute atomic E-state index is 0.136. The third kappa shape index (κ3) is 3.82. The summed E-state index contributed by atoms with van der Waals surface area (Å²) in [4.78, 5) is 4.38. The molecule has 2 aromatic rings. The van der Waals surface area contributed by atoms with Crippen molar-refractivity contribution < 1.29 is 4.74 Å². The molecule has 21 heavy (non-hydrogen) atoms. The zero-order valence-corrected chi connectivity index (χ0v) is 13.3. The smallest absolute Gasteiger partial charge is 0.222 e. The predicted octanol–water partition coefficient (Wildman–Crippen LogP) is 4.08. The Morgan fingerprint density at radius 2 is 2.00 bits per heavy atom. The predicted molar refractivity (Wildman–Crippen MR) is 86.9 cm³/mol. The van der Waals surface area contributed by atoms with Gasteiger partial charge in [-0.15, -0.1) is 0 Å². The SMILES string of the molecule is CCC(N)Cc1cccnc1Oc1cc(C)cc(C)c1C. The zero-order chi connectivity index (χ0) is 15.4. The molecule has 0 aliphatic heterocycles. The molecule has 0 spiro atoms. The molecule has 0 saturated carbocycles. The molecule has 1 atom stereocenters. The van der Waals surface area contributed by atoms with Crippen LogP contribution >= 0.6 is 0 Å². The molecule has 0 amide bonds. The summed E-state index contributed by atoms with van der Waals surface area (Å²) >= 11 is 0. The highest BCUT2D eigenvalue weighted by atomic mass is 16.5. The van der Waals surface area contributed by atoms with Gasteiger partial charge < -0.3 is 10.5 Å². The monoisotopic (exact) mass is 284 g/mol. The number of nitrogens with two attached hydrogens (primary N) is 1. The highest BCUT2D eigenvalue weighted by Crippen LogP contribution is 2.29. The zero-order valence-electron chi connectivity index (χ0n) is 13.3. The summed E-state index contributed by atoms with van der Waals surface area (Å²) in [5.74, 6) is 1.53. The third-order valence-electron chi connectivity index (χ3n) is 3.83. The molecule has 1 aromatic carbocycles. The van der Waals surface area contributed by atoms with E-state index in [9.17, 15) is 0 Å². The molecule has 0 saturated heterocycles. The van der Waals surface area contributed by atoms with Crippen molar-refractivity contribution in [2.75, 3.05) is 0 Å². The minimum atomic E-state index is 0.136. The topological polar surface area (TPSA) is 48.1 Å². The summed E-state index contributed by atoms with van der Waals surface area (Å²) in [6.07, 6.45) is 3.48.